The Morgan fingerprint density at radius 3 is 2.48 bits per heavy atom. The topological polar surface area (TPSA) is 148 Å². The molecule has 0 unspecified atom stereocenters. The maximum absolute atomic E-state index is 14.0. The van der Waals surface area contributed by atoms with Gasteiger partial charge in [0.1, 0.15) is 28.8 Å². The molecule has 0 saturated heterocycles. The second-order valence-electron chi connectivity index (χ2n) is 10.7. The minimum atomic E-state index is -0.812. The molecule has 1 amide bonds. The summed E-state index contributed by atoms with van der Waals surface area (Å²) in [5, 5.41) is 13.3. The van der Waals surface area contributed by atoms with Gasteiger partial charge in [-0.2, -0.15) is 10.2 Å². The largest absolute Gasteiger partial charge is 0.497 e. The molecule has 0 atom stereocenters. The first-order chi connectivity index (χ1) is 20.9. The van der Waals surface area contributed by atoms with Gasteiger partial charge >= 0.3 is 0 Å². The maximum Gasteiger partial charge on any atom is 0.268 e. The highest BCUT2D eigenvalue weighted by molar-refractivity contribution is 6.35. The molecule has 2 aromatic heterocycles. The van der Waals surface area contributed by atoms with Crippen molar-refractivity contribution in [3.05, 3.63) is 81.3 Å². The average Bonchev–Trinajstić information content (AvgIpc) is 3.02. The Bertz CT molecular complexity index is 1840. The molecule has 228 valence electrons. The van der Waals surface area contributed by atoms with Crippen molar-refractivity contribution in [2.75, 3.05) is 38.5 Å². The lowest BCUT2D eigenvalue weighted by molar-refractivity contribution is -0.114. The Labute approximate surface area is 260 Å². The predicted octanol–water partition coefficient (Wildman–Crippen LogP) is 4.56. The monoisotopic (exact) mass is 615 g/mol. The lowest BCUT2D eigenvalue weighted by Gasteiger charge is -2.19. The lowest BCUT2D eigenvalue weighted by Crippen LogP contribution is -2.33. The van der Waals surface area contributed by atoms with Gasteiger partial charge in [0.15, 0.2) is 0 Å². The number of likely N-dealkylation sites (N-methyl/N-ethyl adjacent to an activating group) is 1. The Hall–Kier alpha value is -4.92. The summed E-state index contributed by atoms with van der Waals surface area (Å²) in [7, 11) is 6.32. The zero-order valence-electron chi connectivity index (χ0n) is 25.4. The van der Waals surface area contributed by atoms with Gasteiger partial charge in [-0.15, -0.1) is 0 Å². The van der Waals surface area contributed by atoms with Crippen LogP contribution in [0.1, 0.15) is 19.4 Å². The van der Waals surface area contributed by atoms with E-state index in [2.05, 4.69) is 15.3 Å². The van der Waals surface area contributed by atoms with Gasteiger partial charge in [0, 0.05) is 60.6 Å². The number of nitriles is 1. The smallest absolute Gasteiger partial charge is 0.268 e. The Morgan fingerprint density at radius 1 is 1.18 bits per heavy atom. The fraction of sp³-hybridized carbons (Fsp3) is 0.281. The molecule has 2 aromatic carbocycles. The minimum Gasteiger partial charge on any atom is -0.497 e. The number of fused-ring (bicyclic) bond motifs is 1. The first-order valence-electron chi connectivity index (χ1n) is 13.7. The van der Waals surface area contributed by atoms with Crippen molar-refractivity contribution in [2.24, 2.45) is 5.73 Å². The van der Waals surface area contributed by atoms with Gasteiger partial charge in [-0.05, 0) is 56.2 Å². The van der Waals surface area contributed by atoms with Crippen LogP contribution in [0, 0.1) is 11.3 Å². The first-order valence-corrected chi connectivity index (χ1v) is 14.1. The second kappa shape index (κ2) is 13.2. The number of amides is 1. The summed E-state index contributed by atoms with van der Waals surface area (Å²) in [5.74, 6) is 0.782. The van der Waals surface area contributed by atoms with Crippen LogP contribution in [0.25, 0.3) is 22.2 Å². The summed E-state index contributed by atoms with van der Waals surface area (Å²) in [6.45, 7) is 3.72. The molecule has 0 bridgehead atoms. The van der Waals surface area contributed by atoms with Crippen molar-refractivity contribution in [2.45, 2.75) is 32.4 Å². The molecule has 0 saturated carbocycles. The van der Waals surface area contributed by atoms with Crippen LogP contribution in [0.5, 0.6) is 11.5 Å². The van der Waals surface area contributed by atoms with E-state index in [9.17, 15) is 14.9 Å². The van der Waals surface area contributed by atoms with E-state index < -0.39 is 11.4 Å². The number of aryl methyl sites for hydroxylation is 2. The summed E-state index contributed by atoms with van der Waals surface area (Å²) in [6, 6.07) is 14.3. The number of nitrogens with zero attached hydrogens (tertiary/aromatic N) is 5. The number of hydrogen-bond acceptors (Lipinski definition) is 9. The number of nitrogens with one attached hydrogen (secondary N) is 1. The molecule has 4 aromatic rings. The number of carbonyl (C=O) groups excluding carboxylic acids is 1. The van der Waals surface area contributed by atoms with Gasteiger partial charge in [-0.1, -0.05) is 23.7 Å². The molecule has 0 aliphatic heterocycles. The van der Waals surface area contributed by atoms with E-state index in [1.807, 2.05) is 18.2 Å². The Balaban J connectivity index is 1.70. The number of anilines is 2. The number of pyridine rings is 1. The lowest BCUT2D eigenvalue weighted by atomic mass is 10.0. The van der Waals surface area contributed by atoms with Gasteiger partial charge < -0.3 is 25.4 Å². The summed E-state index contributed by atoms with van der Waals surface area (Å²) in [6.07, 6.45) is 3.58. The Morgan fingerprint density at radius 2 is 1.89 bits per heavy atom. The number of nitrogens with two attached hydrogens (primary N) is 1. The fourth-order valence-corrected chi connectivity index (χ4v) is 4.94. The Kier molecular flexibility index (Phi) is 9.57. The van der Waals surface area contributed by atoms with Crippen molar-refractivity contribution in [1.82, 2.24) is 14.5 Å². The van der Waals surface area contributed by atoms with Crippen LogP contribution in [0.15, 0.2) is 65.1 Å². The molecular weight excluding hydrogens is 582 g/mol. The highest BCUT2D eigenvalue weighted by Gasteiger charge is 2.21. The molecule has 0 aliphatic carbocycles. The summed E-state index contributed by atoms with van der Waals surface area (Å²) in [5.41, 5.74) is 7.62. The van der Waals surface area contributed by atoms with E-state index in [1.54, 1.807) is 69.0 Å². The highest BCUT2D eigenvalue weighted by Crippen LogP contribution is 2.38. The standard InChI is InChI=1S/C32H34ClN7O4/c1-32(2,35)16-21(17-34)29(41)39(4)22-9-7-19(8-10-22)11-12-40-28-20(18-37-31(36-3)38-28)13-25(30(40)42)24-14-23(43-5)15-26(44-6)27(24)33/h7-10,13-16,18H,11-12,35H2,1-6H3,(H,36,37,38)/b21-16+. The summed E-state index contributed by atoms with van der Waals surface area (Å²) in [4.78, 5) is 37.2. The first kappa shape index (κ1) is 32.0. The minimum absolute atomic E-state index is 0.0353. The number of hydrogen-bond donors (Lipinski definition) is 2. The summed E-state index contributed by atoms with van der Waals surface area (Å²) >= 11 is 6.67. The van der Waals surface area contributed by atoms with E-state index in [1.165, 1.54) is 25.2 Å². The van der Waals surface area contributed by atoms with E-state index in [4.69, 9.17) is 26.8 Å². The molecule has 12 heteroatoms. The quantitative estimate of drug-likeness (QED) is 0.193. The van der Waals surface area contributed by atoms with Gasteiger partial charge in [-0.3, -0.25) is 14.2 Å². The number of methoxy groups -OCH3 is 2. The van der Waals surface area contributed by atoms with Crippen LogP contribution in [0.3, 0.4) is 0 Å². The number of benzene rings is 2. The molecule has 0 fully saturated rings. The fourth-order valence-electron chi connectivity index (χ4n) is 4.65. The summed E-state index contributed by atoms with van der Waals surface area (Å²) < 4.78 is 12.4. The van der Waals surface area contributed by atoms with E-state index in [0.29, 0.717) is 58.3 Å². The van der Waals surface area contributed by atoms with Crippen molar-refractivity contribution in [3.8, 4) is 28.7 Å². The number of rotatable bonds is 10. The maximum atomic E-state index is 14.0. The third-order valence-electron chi connectivity index (χ3n) is 6.93. The number of ether oxygens (including phenoxy) is 2. The van der Waals surface area contributed by atoms with E-state index in [-0.39, 0.29) is 16.2 Å². The van der Waals surface area contributed by atoms with Crippen LogP contribution in [0.4, 0.5) is 11.6 Å². The van der Waals surface area contributed by atoms with Crippen LogP contribution in [-0.4, -0.2) is 54.3 Å². The van der Waals surface area contributed by atoms with Gasteiger partial charge in [0.05, 0.1) is 19.2 Å². The van der Waals surface area contributed by atoms with Crippen LogP contribution in [0.2, 0.25) is 5.02 Å². The predicted molar refractivity (Wildman–Crippen MR) is 172 cm³/mol. The molecule has 3 N–H and O–H groups in total. The average molecular weight is 616 g/mol. The SMILES string of the molecule is CNc1ncc2cc(-c3cc(OC)cc(OC)c3Cl)c(=O)n(CCc3ccc(N(C)C(=O)/C(C#N)=C/C(C)(C)N)cc3)c2n1. The molecule has 0 radical (unpaired) electrons. The van der Waals surface area contributed by atoms with Crippen LogP contribution in [-0.2, 0) is 17.8 Å². The number of carbonyl (C=O) groups is 1. The third kappa shape index (κ3) is 6.83. The van der Waals surface area contributed by atoms with E-state index in [0.717, 1.165) is 5.56 Å². The molecule has 11 nitrogen and oxygen atoms in total. The molecular formula is C32H34ClN7O4. The van der Waals surface area contributed by atoms with Gasteiger partial charge in [0.25, 0.3) is 11.5 Å². The zero-order valence-corrected chi connectivity index (χ0v) is 26.2. The van der Waals surface area contributed by atoms with Crippen molar-refractivity contribution in [3.63, 3.8) is 0 Å². The molecule has 0 spiro atoms. The van der Waals surface area contributed by atoms with Crippen LogP contribution < -0.4 is 31.0 Å². The molecule has 2 heterocycles. The second-order valence-corrected chi connectivity index (χ2v) is 11.1. The molecule has 44 heavy (non-hydrogen) atoms. The normalized spacial score (nSPS) is 11.7. The van der Waals surface area contributed by atoms with Gasteiger partial charge in [-0.25, -0.2) is 4.98 Å². The molecule has 4 rings (SSSR count). The molecule has 0 aliphatic rings. The number of halogens is 1. The van der Waals surface area contributed by atoms with Crippen molar-refractivity contribution >= 4 is 40.2 Å². The van der Waals surface area contributed by atoms with Crippen molar-refractivity contribution < 1.29 is 14.3 Å². The van der Waals surface area contributed by atoms with Crippen LogP contribution >= 0.6 is 11.6 Å². The van der Waals surface area contributed by atoms with E-state index >= 15 is 0 Å². The highest BCUT2D eigenvalue weighted by atomic mass is 35.5. The third-order valence-corrected chi connectivity index (χ3v) is 7.32. The van der Waals surface area contributed by atoms with Gasteiger partial charge in [0.2, 0.25) is 5.95 Å². The number of aromatic nitrogens is 3. The van der Waals surface area contributed by atoms with Crippen molar-refractivity contribution in [1.29, 1.82) is 5.26 Å². The zero-order chi connectivity index (χ0) is 32.2.